The number of hydrogen-bond donors (Lipinski definition) is 1. The molecule has 2 aromatic rings. The summed E-state index contributed by atoms with van der Waals surface area (Å²) in [6.45, 7) is 8.08. The number of allylic oxidation sites excluding steroid dienone is 2. The van der Waals surface area contributed by atoms with Gasteiger partial charge in [-0.25, -0.2) is 10.4 Å². The number of carbonyl (C=O) groups is 2. The monoisotopic (exact) mass is 572 g/mol. The SMILES string of the molecule is CCOc1ccc(C2=NN(CCCCOc3ccc(C4=NNC(=O)CC4C)cc3)C(=O)C3CC=CCC23)cc1OCC. The zero-order valence-corrected chi connectivity index (χ0v) is 24.7. The largest absolute Gasteiger partial charge is 0.494 e. The molecular formula is C33H40N4O5. The summed E-state index contributed by atoms with van der Waals surface area (Å²) in [5.74, 6) is 2.25. The molecule has 0 saturated heterocycles. The summed E-state index contributed by atoms with van der Waals surface area (Å²) in [7, 11) is 0. The normalized spacial score (nSPS) is 21.7. The highest BCUT2D eigenvalue weighted by atomic mass is 16.5. The van der Waals surface area contributed by atoms with Gasteiger partial charge in [0.05, 0.1) is 37.2 Å². The lowest BCUT2D eigenvalue weighted by atomic mass is 9.76. The van der Waals surface area contributed by atoms with Crippen LogP contribution in [-0.4, -0.2) is 54.6 Å². The van der Waals surface area contributed by atoms with E-state index in [1.165, 1.54) is 0 Å². The average Bonchev–Trinajstić information content (AvgIpc) is 3.00. The minimum Gasteiger partial charge on any atom is -0.494 e. The van der Waals surface area contributed by atoms with E-state index >= 15 is 0 Å². The van der Waals surface area contributed by atoms with Crippen LogP contribution in [-0.2, 0) is 9.59 Å². The van der Waals surface area contributed by atoms with Crippen LogP contribution in [0.2, 0.25) is 0 Å². The van der Waals surface area contributed by atoms with Crippen molar-refractivity contribution >= 4 is 23.2 Å². The summed E-state index contributed by atoms with van der Waals surface area (Å²) in [6, 6.07) is 13.7. The van der Waals surface area contributed by atoms with E-state index in [-0.39, 0.29) is 29.6 Å². The third-order valence-corrected chi connectivity index (χ3v) is 7.87. The Kier molecular flexibility index (Phi) is 9.56. The molecule has 1 aliphatic carbocycles. The zero-order valence-electron chi connectivity index (χ0n) is 24.7. The van der Waals surface area contributed by atoms with Gasteiger partial charge in [0.2, 0.25) is 11.8 Å². The second-order valence-corrected chi connectivity index (χ2v) is 10.8. The molecule has 9 nitrogen and oxygen atoms in total. The molecule has 2 aliphatic heterocycles. The highest BCUT2D eigenvalue weighted by Gasteiger charge is 2.40. The van der Waals surface area contributed by atoms with Crippen molar-refractivity contribution in [1.29, 1.82) is 0 Å². The third-order valence-electron chi connectivity index (χ3n) is 7.87. The minimum absolute atomic E-state index is 0.0521. The van der Waals surface area contributed by atoms with Crippen LogP contribution in [0, 0.1) is 17.8 Å². The highest BCUT2D eigenvalue weighted by molar-refractivity contribution is 6.07. The molecule has 0 spiro atoms. The third kappa shape index (κ3) is 6.66. The van der Waals surface area contributed by atoms with E-state index in [0.29, 0.717) is 44.3 Å². The molecule has 0 fully saturated rings. The van der Waals surface area contributed by atoms with Gasteiger partial charge in [-0.05, 0) is 87.6 Å². The number of fused-ring (bicyclic) bond motifs is 1. The number of rotatable bonds is 12. The summed E-state index contributed by atoms with van der Waals surface area (Å²) in [4.78, 5) is 24.9. The van der Waals surface area contributed by atoms with E-state index in [9.17, 15) is 9.59 Å². The Hall–Kier alpha value is -4.14. The van der Waals surface area contributed by atoms with Gasteiger partial charge in [-0.3, -0.25) is 9.59 Å². The highest BCUT2D eigenvalue weighted by Crippen LogP contribution is 2.37. The maximum absolute atomic E-state index is 13.4. The van der Waals surface area contributed by atoms with Crippen LogP contribution in [0.3, 0.4) is 0 Å². The maximum Gasteiger partial charge on any atom is 0.246 e. The number of amides is 2. The van der Waals surface area contributed by atoms with Gasteiger partial charge in [0, 0.05) is 30.4 Å². The summed E-state index contributed by atoms with van der Waals surface area (Å²) in [5.41, 5.74) is 6.31. The quantitative estimate of drug-likeness (QED) is 0.274. The molecule has 9 heteroatoms. The molecule has 3 unspecified atom stereocenters. The molecule has 0 saturated carbocycles. The van der Waals surface area contributed by atoms with Crippen molar-refractivity contribution in [2.75, 3.05) is 26.4 Å². The van der Waals surface area contributed by atoms with Gasteiger partial charge in [0.15, 0.2) is 11.5 Å². The van der Waals surface area contributed by atoms with Crippen LogP contribution >= 0.6 is 0 Å². The number of nitrogens with zero attached hydrogens (tertiary/aromatic N) is 3. The van der Waals surface area contributed by atoms with Crippen LogP contribution in [0.4, 0.5) is 0 Å². The Labute approximate surface area is 247 Å². The standard InChI is InChI=1S/C33H40N4O5/c1-4-40-28-17-14-24(21-29(28)41-5-2)32-26-10-6-7-11-27(26)33(39)37(36-32)18-8-9-19-42-25-15-12-23(13-16-25)31-22(3)20-30(38)34-35-31/h6-7,12-17,21-22,26-27H,4-5,8-11,18-20H2,1-3H3,(H,34,38). The van der Waals surface area contributed by atoms with Crippen molar-refractivity contribution in [3.05, 3.63) is 65.7 Å². The van der Waals surface area contributed by atoms with Crippen molar-refractivity contribution in [2.24, 2.45) is 28.0 Å². The Morgan fingerprint density at radius 1 is 0.857 bits per heavy atom. The molecule has 0 radical (unpaired) electrons. The second kappa shape index (κ2) is 13.7. The Balaban J connectivity index is 1.20. The number of benzene rings is 2. The van der Waals surface area contributed by atoms with Crippen molar-refractivity contribution < 1.29 is 23.8 Å². The predicted molar refractivity (Wildman–Crippen MR) is 162 cm³/mol. The van der Waals surface area contributed by atoms with Crippen LogP contribution in [0.5, 0.6) is 17.2 Å². The lowest BCUT2D eigenvalue weighted by molar-refractivity contribution is -0.138. The van der Waals surface area contributed by atoms with Gasteiger partial charge in [-0.15, -0.1) is 0 Å². The molecule has 0 aromatic heterocycles. The molecule has 42 heavy (non-hydrogen) atoms. The van der Waals surface area contributed by atoms with Gasteiger partial charge in [-0.1, -0.05) is 19.1 Å². The number of unbranched alkanes of at least 4 members (excludes halogenated alkanes) is 1. The first-order valence-electron chi connectivity index (χ1n) is 15.0. The Morgan fingerprint density at radius 3 is 2.31 bits per heavy atom. The molecule has 2 heterocycles. The number of hydrazone groups is 2. The van der Waals surface area contributed by atoms with E-state index < -0.39 is 0 Å². The average molecular weight is 573 g/mol. The van der Waals surface area contributed by atoms with E-state index in [1.54, 1.807) is 5.01 Å². The number of ether oxygens (including phenoxy) is 3. The zero-order chi connectivity index (χ0) is 29.5. The minimum atomic E-state index is -0.107. The van der Waals surface area contributed by atoms with E-state index in [0.717, 1.165) is 54.0 Å². The van der Waals surface area contributed by atoms with Gasteiger partial charge in [-0.2, -0.15) is 10.2 Å². The molecule has 3 atom stereocenters. The lowest BCUT2D eigenvalue weighted by Crippen LogP contribution is -2.45. The fourth-order valence-corrected chi connectivity index (χ4v) is 5.75. The number of carbonyl (C=O) groups excluding carboxylic acids is 2. The molecule has 2 amide bonds. The predicted octanol–water partition coefficient (Wildman–Crippen LogP) is 5.33. The lowest BCUT2D eigenvalue weighted by Gasteiger charge is -2.37. The van der Waals surface area contributed by atoms with Gasteiger partial charge in [0.25, 0.3) is 0 Å². The number of hydrogen-bond acceptors (Lipinski definition) is 7. The molecule has 1 N–H and O–H groups in total. The Morgan fingerprint density at radius 2 is 1.57 bits per heavy atom. The van der Waals surface area contributed by atoms with E-state index in [4.69, 9.17) is 19.3 Å². The van der Waals surface area contributed by atoms with E-state index in [2.05, 4.69) is 22.7 Å². The first-order chi connectivity index (χ1) is 20.5. The van der Waals surface area contributed by atoms with Crippen LogP contribution in [0.15, 0.2) is 64.8 Å². The second-order valence-electron chi connectivity index (χ2n) is 10.8. The number of nitrogens with one attached hydrogen (secondary N) is 1. The van der Waals surface area contributed by atoms with Gasteiger partial charge < -0.3 is 14.2 Å². The van der Waals surface area contributed by atoms with Crippen molar-refractivity contribution in [1.82, 2.24) is 10.4 Å². The van der Waals surface area contributed by atoms with Crippen LogP contribution in [0.1, 0.15) is 64.0 Å². The molecule has 0 bridgehead atoms. The fourth-order valence-electron chi connectivity index (χ4n) is 5.75. The smallest absolute Gasteiger partial charge is 0.246 e. The first kappa shape index (κ1) is 29.4. The summed E-state index contributed by atoms with van der Waals surface area (Å²) >= 11 is 0. The van der Waals surface area contributed by atoms with Crippen molar-refractivity contribution in [2.45, 2.75) is 52.9 Å². The topological polar surface area (TPSA) is 102 Å². The molecular weight excluding hydrogens is 532 g/mol. The van der Waals surface area contributed by atoms with Crippen LogP contribution < -0.4 is 19.6 Å². The summed E-state index contributed by atoms with van der Waals surface area (Å²) in [6.07, 6.45) is 7.80. The van der Waals surface area contributed by atoms with Crippen LogP contribution in [0.25, 0.3) is 0 Å². The van der Waals surface area contributed by atoms with E-state index in [1.807, 2.05) is 63.2 Å². The summed E-state index contributed by atoms with van der Waals surface area (Å²) in [5, 5.41) is 10.8. The fraction of sp³-hybridized carbons (Fsp3) is 0.455. The Bertz CT molecular complexity index is 1370. The molecule has 222 valence electrons. The van der Waals surface area contributed by atoms with Crippen molar-refractivity contribution in [3.63, 3.8) is 0 Å². The van der Waals surface area contributed by atoms with Gasteiger partial charge >= 0.3 is 0 Å². The molecule has 3 aliphatic rings. The summed E-state index contributed by atoms with van der Waals surface area (Å²) < 4.78 is 17.6. The maximum atomic E-state index is 13.4. The first-order valence-corrected chi connectivity index (χ1v) is 15.0. The molecule has 5 rings (SSSR count). The van der Waals surface area contributed by atoms with Crippen molar-refractivity contribution in [3.8, 4) is 17.2 Å². The van der Waals surface area contributed by atoms with Gasteiger partial charge in [0.1, 0.15) is 5.75 Å². The molecule has 2 aromatic carbocycles.